The molecule has 124 valence electrons. The molecule has 0 saturated carbocycles. The molecule has 1 aromatic carbocycles. The van der Waals surface area contributed by atoms with E-state index in [0.29, 0.717) is 13.1 Å². The van der Waals surface area contributed by atoms with E-state index in [1.807, 2.05) is 43.3 Å². The highest BCUT2D eigenvalue weighted by atomic mass is 32.1. The number of rotatable bonds is 6. The first kappa shape index (κ1) is 16.3. The molecule has 0 amide bonds. The van der Waals surface area contributed by atoms with Crippen molar-refractivity contribution in [3.05, 3.63) is 64.5 Å². The van der Waals surface area contributed by atoms with Crippen LogP contribution in [0.4, 0.5) is 0 Å². The number of hydrogen-bond acceptors (Lipinski definition) is 4. The van der Waals surface area contributed by atoms with Gasteiger partial charge in [-0.05, 0) is 29.3 Å². The summed E-state index contributed by atoms with van der Waals surface area (Å²) < 4.78 is 5.41. The van der Waals surface area contributed by atoms with Crippen molar-refractivity contribution in [3.63, 3.8) is 0 Å². The van der Waals surface area contributed by atoms with Crippen LogP contribution in [0.15, 0.2) is 62.7 Å². The highest BCUT2D eigenvalue weighted by molar-refractivity contribution is 7.07. The number of hydrogen-bond donors (Lipinski definition) is 2. The fourth-order valence-corrected chi connectivity index (χ4v) is 2.86. The third-order valence-corrected chi connectivity index (χ3v) is 4.13. The molecule has 2 heterocycles. The lowest BCUT2D eigenvalue weighted by atomic mass is 10.2. The molecule has 0 aliphatic heterocycles. The molecule has 2 aromatic heterocycles. The van der Waals surface area contributed by atoms with Crippen molar-refractivity contribution in [2.45, 2.75) is 20.0 Å². The summed E-state index contributed by atoms with van der Waals surface area (Å²) in [4.78, 5) is 4.58. The first-order chi connectivity index (χ1) is 11.8. The fraction of sp³-hybridized carbons (Fsp3) is 0.222. The minimum Gasteiger partial charge on any atom is -0.357 e. The molecule has 0 unspecified atom stereocenters. The van der Waals surface area contributed by atoms with Crippen LogP contribution in [0.5, 0.6) is 0 Å². The Morgan fingerprint density at radius 3 is 2.83 bits per heavy atom. The molecule has 0 bridgehead atoms. The number of guanidine groups is 1. The third kappa shape index (κ3) is 4.45. The Labute approximate surface area is 145 Å². The van der Waals surface area contributed by atoms with Gasteiger partial charge in [0.25, 0.3) is 0 Å². The van der Waals surface area contributed by atoms with Gasteiger partial charge in [0, 0.05) is 18.2 Å². The summed E-state index contributed by atoms with van der Waals surface area (Å²) >= 11 is 1.68. The maximum atomic E-state index is 5.41. The number of aromatic nitrogens is 1. The van der Waals surface area contributed by atoms with Crippen LogP contribution in [-0.2, 0) is 13.1 Å². The van der Waals surface area contributed by atoms with Crippen LogP contribution in [0, 0.1) is 0 Å². The average Bonchev–Trinajstić information content (AvgIpc) is 3.30. The van der Waals surface area contributed by atoms with Gasteiger partial charge >= 0.3 is 0 Å². The summed E-state index contributed by atoms with van der Waals surface area (Å²) in [5.41, 5.74) is 3.08. The van der Waals surface area contributed by atoms with E-state index in [4.69, 9.17) is 4.52 Å². The Morgan fingerprint density at radius 1 is 1.21 bits per heavy atom. The second-order valence-corrected chi connectivity index (χ2v) is 6.01. The standard InChI is InChI=1S/C18H20N4OS/c1-2-19-18(20-11-14-8-9-24-13-14)21-12-16-10-17(23-22-16)15-6-4-3-5-7-15/h3-10,13H,2,11-12H2,1H3,(H2,19,20,21). The lowest BCUT2D eigenvalue weighted by Gasteiger charge is -2.09. The summed E-state index contributed by atoms with van der Waals surface area (Å²) in [6, 6.07) is 14.0. The van der Waals surface area contributed by atoms with Gasteiger partial charge in [-0.2, -0.15) is 11.3 Å². The van der Waals surface area contributed by atoms with Gasteiger partial charge in [-0.25, -0.2) is 4.99 Å². The number of benzene rings is 1. The second kappa shape index (κ2) is 8.31. The summed E-state index contributed by atoms with van der Waals surface area (Å²) in [6.45, 7) is 4.08. The number of nitrogens with zero attached hydrogens (tertiary/aromatic N) is 2. The molecular weight excluding hydrogens is 320 g/mol. The van der Waals surface area contributed by atoms with E-state index in [-0.39, 0.29) is 0 Å². The highest BCUT2D eigenvalue weighted by Gasteiger charge is 2.07. The van der Waals surface area contributed by atoms with Crippen LogP contribution in [0.1, 0.15) is 18.2 Å². The van der Waals surface area contributed by atoms with Gasteiger partial charge in [0.2, 0.25) is 0 Å². The van der Waals surface area contributed by atoms with Crippen molar-refractivity contribution in [3.8, 4) is 11.3 Å². The topological polar surface area (TPSA) is 62.5 Å². The van der Waals surface area contributed by atoms with E-state index in [2.05, 4.69) is 37.6 Å². The Morgan fingerprint density at radius 2 is 2.08 bits per heavy atom. The number of nitrogens with one attached hydrogen (secondary N) is 2. The molecule has 0 atom stereocenters. The van der Waals surface area contributed by atoms with E-state index >= 15 is 0 Å². The van der Waals surface area contributed by atoms with Crippen molar-refractivity contribution in [1.82, 2.24) is 15.8 Å². The summed E-state index contributed by atoms with van der Waals surface area (Å²) in [6.07, 6.45) is 0. The summed E-state index contributed by atoms with van der Waals surface area (Å²) in [7, 11) is 0. The van der Waals surface area contributed by atoms with Crippen LogP contribution in [0.2, 0.25) is 0 Å². The van der Waals surface area contributed by atoms with Crippen LogP contribution < -0.4 is 10.6 Å². The first-order valence-corrected chi connectivity index (χ1v) is 8.83. The Balaban J connectivity index is 1.60. The van der Waals surface area contributed by atoms with Gasteiger partial charge in [-0.1, -0.05) is 35.5 Å². The summed E-state index contributed by atoms with van der Waals surface area (Å²) in [5.74, 6) is 1.54. The minimum absolute atomic E-state index is 0.561. The van der Waals surface area contributed by atoms with E-state index in [9.17, 15) is 0 Å². The van der Waals surface area contributed by atoms with Crippen molar-refractivity contribution >= 4 is 17.3 Å². The molecule has 2 N–H and O–H groups in total. The zero-order chi connectivity index (χ0) is 16.6. The SMILES string of the molecule is CCNC(=NCc1ccsc1)NCc1cc(-c2ccccc2)on1. The molecular formula is C18H20N4OS. The molecule has 0 fully saturated rings. The minimum atomic E-state index is 0.561. The van der Waals surface area contributed by atoms with Gasteiger partial charge in [0.15, 0.2) is 11.7 Å². The van der Waals surface area contributed by atoms with Crippen molar-refractivity contribution in [2.75, 3.05) is 6.54 Å². The van der Waals surface area contributed by atoms with Gasteiger partial charge in [0.1, 0.15) is 5.69 Å². The monoisotopic (exact) mass is 340 g/mol. The predicted octanol–water partition coefficient (Wildman–Crippen LogP) is 3.66. The molecule has 0 saturated heterocycles. The molecule has 24 heavy (non-hydrogen) atoms. The zero-order valence-electron chi connectivity index (χ0n) is 13.5. The molecule has 3 aromatic rings. The first-order valence-electron chi connectivity index (χ1n) is 7.89. The quantitative estimate of drug-likeness (QED) is 0.531. The zero-order valence-corrected chi connectivity index (χ0v) is 14.3. The van der Waals surface area contributed by atoms with Crippen LogP contribution in [0.25, 0.3) is 11.3 Å². The van der Waals surface area contributed by atoms with E-state index in [1.54, 1.807) is 11.3 Å². The van der Waals surface area contributed by atoms with Gasteiger partial charge in [0.05, 0.1) is 13.1 Å². The highest BCUT2D eigenvalue weighted by Crippen LogP contribution is 2.19. The second-order valence-electron chi connectivity index (χ2n) is 5.23. The molecule has 0 aliphatic carbocycles. The summed E-state index contributed by atoms with van der Waals surface area (Å²) in [5, 5.41) is 14.8. The van der Waals surface area contributed by atoms with E-state index in [0.717, 1.165) is 29.5 Å². The largest absolute Gasteiger partial charge is 0.357 e. The van der Waals surface area contributed by atoms with E-state index < -0.39 is 0 Å². The molecule has 0 aliphatic rings. The Hall–Kier alpha value is -2.60. The van der Waals surface area contributed by atoms with Crippen molar-refractivity contribution in [1.29, 1.82) is 0 Å². The lowest BCUT2D eigenvalue weighted by Crippen LogP contribution is -2.36. The van der Waals surface area contributed by atoms with Gasteiger partial charge in [-0.3, -0.25) is 0 Å². The fourth-order valence-electron chi connectivity index (χ4n) is 2.20. The van der Waals surface area contributed by atoms with Crippen molar-refractivity contribution in [2.24, 2.45) is 4.99 Å². The lowest BCUT2D eigenvalue weighted by molar-refractivity contribution is 0.422. The van der Waals surface area contributed by atoms with E-state index in [1.165, 1.54) is 5.56 Å². The average molecular weight is 340 g/mol. The van der Waals surface area contributed by atoms with Crippen LogP contribution in [-0.4, -0.2) is 17.7 Å². The predicted molar refractivity (Wildman–Crippen MR) is 97.9 cm³/mol. The Kier molecular flexibility index (Phi) is 5.63. The molecule has 5 nitrogen and oxygen atoms in total. The number of thiophene rings is 1. The maximum absolute atomic E-state index is 5.41. The van der Waals surface area contributed by atoms with Crippen LogP contribution >= 0.6 is 11.3 Å². The van der Waals surface area contributed by atoms with Gasteiger partial charge < -0.3 is 15.2 Å². The molecule has 0 spiro atoms. The van der Waals surface area contributed by atoms with Crippen molar-refractivity contribution < 1.29 is 4.52 Å². The normalized spacial score (nSPS) is 11.5. The Bertz CT molecular complexity index is 765. The molecule has 3 rings (SSSR count). The van der Waals surface area contributed by atoms with Gasteiger partial charge in [-0.15, -0.1) is 0 Å². The number of aliphatic imine (C=N–C) groups is 1. The van der Waals surface area contributed by atoms with Crippen LogP contribution in [0.3, 0.4) is 0 Å². The maximum Gasteiger partial charge on any atom is 0.191 e. The molecule has 0 radical (unpaired) electrons. The third-order valence-electron chi connectivity index (χ3n) is 3.40. The smallest absolute Gasteiger partial charge is 0.191 e. The molecule has 6 heteroatoms.